The van der Waals surface area contributed by atoms with Crippen LogP contribution in [0.3, 0.4) is 0 Å². The van der Waals surface area contributed by atoms with Gasteiger partial charge in [-0.2, -0.15) is 5.26 Å². The van der Waals surface area contributed by atoms with Gasteiger partial charge in [-0.3, -0.25) is 0 Å². The van der Waals surface area contributed by atoms with E-state index in [1.54, 1.807) is 24.3 Å². The molecule has 0 aromatic heterocycles. The smallest absolute Gasteiger partial charge is 0.337 e. The number of rotatable bonds is 4. The molecule has 0 fully saturated rings. The summed E-state index contributed by atoms with van der Waals surface area (Å²) in [6, 6.07) is 13.5. The molecule has 1 N–H and O–H groups in total. The lowest BCUT2D eigenvalue weighted by Gasteiger charge is -2.08. The van der Waals surface area contributed by atoms with Gasteiger partial charge >= 0.3 is 5.97 Å². The number of carboxylic acids is 1. The van der Waals surface area contributed by atoms with Crippen LogP contribution in [0.4, 0.5) is 0 Å². The quantitative estimate of drug-likeness (QED) is 0.934. The number of carboxylic acid groups (broad SMARTS) is 1. The van der Waals surface area contributed by atoms with Crippen LogP contribution in [-0.2, 0) is 6.61 Å². The van der Waals surface area contributed by atoms with E-state index in [-0.39, 0.29) is 17.2 Å². The maximum Gasteiger partial charge on any atom is 0.337 e. The Bertz CT molecular complexity index is 692. The fraction of sp³-hybridized carbons (Fsp3) is 0.0667. The molecule has 100 valence electrons. The van der Waals surface area contributed by atoms with Gasteiger partial charge in [0.2, 0.25) is 0 Å². The van der Waals surface area contributed by atoms with Crippen molar-refractivity contribution in [2.75, 3.05) is 0 Å². The second-order valence-corrected chi connectivity index (χ2v) is 4.45. The Kier molecular flexibility index (Phi) is 4.24. The molecule has 5 heteroatoms. The molecule has 0 aliphatic heterocycles. The van der Waals surface area contributed by atoms with Crippen molar-refractivity contribution in [1.82, 2.24) is 0 Å². The average molecular weight is 288 g/mol. The third-order valence-electron chi connectivity index (χ3n) is 2.63. The molecule has 0 amide bonds. The Labute approximate surface area is 120 Å². The first-order chi connectivity index (χ1) is 9.60. The van der Waals surface area contributed by atoms with E-state index in [1.165, 1.54) is 12.1 Å². The van der Waals surface area contributed by atoms with Crippen molar-refractivity contribution in [3.8, 4) is 11.8 Å². The van der Waals surface area contributed by atoms with Crippen molar-refractivity contribution in [1.29, 1.82) is 5.26 Å². The van der Waals surface area contributed by atoms with Gasteiger partial charge in [0.15, 0.2) is 0 Å². The number of hydrogen-bond donors (Lipinski definition) is 1. The molecule has 20 heavy (non-hydrogen) atoms. The first-order valence-electron chi connectivity index (χ1n) is 5.75. The highest BCUT2D eigenvalue weighted by Gasteiger charge is 2.10. The molecular formula is C15H10ClNO3. The van der Waals surface area contributed by atoms with Crippen LogP contribution in [0.1, 0.15) is 21.5 Å². The number of hydrogen-bond acceptors (Lipinski definition) is 3. The van der Waals surface area contributed by atoms with Crippen LogP contribution in [0.25, 0.3) is 0 Å². The van der Waals surface area contributed by atoms with Crippen LogP contribution in [0.15, 0.2) is 42.5 Å². The molecule has 0 aliphatic carbocycles. The van der Waals surface area contributed by atoms with Gasteiger partial charge in [-0.05, 0) is 35.9 Å². The molecule has 0 saturated carbocycles. The van der Waals surface area contributed by atoms with E-state index < -0.39 is 5.97 Å². The van der Waals surface area contributed by atoms with Crippen LogP contribution < -0.4 is 4.74 Å². The van der Waals surface area contributed by atoms with Crippen molar-refractivity contribution in [2.45, 2.75) is 6.61 Å². The molecule has 2 rings (SSSR count). The highest BCUT2D eigenvalue weighted by molar-refractivity contribution is 6.33. The molecule has 0 radical (unpaired) electrons. The SMILES string of the molecule is N#Cc1cccc(COc2ccc(Cl)c(C(=O)O)c2)c1. The van der Waals surface area contributed by atoms with E-state index >= 15 is 0 Å². The van der Waals surface area contributed by atoms with E-state index in [0.717, 1.165) is 5.56 Å². The zero-order valence-corrected chi connectivity index (χ0v) is 11.1. The molecule has 0 unspecified atom stereocenters. The number of benzene rings is 2. The second kappa shape index (κ2) is 6.09. The van der Waals surface area contributed by atoms with E-state index in [0.29, 0.717) is 11.3 Å². The van der Waals surface area contributed by atoms with Crippen LogP contribution in [-0.4, -0.2) is 11.1 Å². The Balaban J connectivity index is 2.13. The maximum atomic E-state index is 11.0. The van der Waals surface area contributed by atoms with E-state index in [1.807, 2.05) is 12.1 Å². The summed E-state index contributed by atoms with van der Waals surface area (Å²) in [6.07, 6.45) is 0. The standard InChI is InChI=1S/C15H10ClNO3/c16-14-5-4-12(7-13(14)15(18)19)20-9-11-3-1-2-10(6-11)8-17/h1-7H,9H2,(H,18,19). The number of carbonyl (C=O) groups is 1. The highest BCUT2D eigenvalue weighted by Crippen LogP contribution is 2.23. The van der Waals surface area contributed by atoms with Crippen molar-refractivity contribution in [2.24, 2.45) is 0 Å². The predicted molar refractivity (Wildman–Crippen MR) is 73.9 cm³/mol. The fourth-order valence-electron chi connectivity index (χ4n) is 1.66. The van der Waals surface area contributed by atoms with Crippen LogP contribution in [0.2, 0.25) is 5.02 Å². The van der Waals surface area contributed by atoms with E-state index in [9.17, 15) is 4.79 Å². The molecule has 0 bridgehead atoms. The van der Waals surface area contributed by atoms with Gasteiger partial charge in [0.1, 0.15) is 12.4 Å². The monoisotopic (exact) mass is 287 g/mol. The van der Waals surface area contributed by atoms with E-state index in [2.05, 4.69) is 0 Å². The third-order valence-corrected chi connectivity index (χ3v) is 2.96. The van der Waals surface area contributed by atoms with Crippen molar-refractivity contribution in [3.63, 3.8) is 0 Å². The Morgan fingerprint density at radius 2 is 2.10 bits per heavy atom. The zero-order valence-electron chi connectivity index (χ0n) is 10.3. The van der Waals surface area contributed by atoms with Gasteiger partial charge in [0, 0.05) is 0 Å². The van der Waals surface area contributed by atoms with Gasteiger partial charge in [-0.1, -0.05) is 23.7 Å². The number of nitrogens with zero attached hydrogens (tertiary/aromatic N) is 1. The predicted octanol–water partition coefficient (Wildman–Crippen LogP) is 3.49. The summed E-state index contributed by atoms with van der Waals surface area (Å²) >= 11 is 5.78. The second-order valence-electron chi connectivity index (χ2n) is 4.05. The first kappa shape index (κ1) is 13.9. The Morgan fingerprint density at radius 3 is 2.80 bits per heavy atom. The topological polar surface area (TPSA) is 70.3 Å². The molecule has 0 heterocycles. The lowest BCUT2D eigenvalue weighted by atomic mass is 10.1. The number of aromatic carboxylic acids is 1. The summed E-state index contributed by atoms with van der Waals surface area (Å²) in [5, 5.41) is 17.9. The largest absolute Gasteiger partial charge is 0.489 e. The van der Waals surface area contributed by atoms with Crippen molar-refractivity contribution in [3.05, 3.63) is 64.2 Å². The summed E-state index contributed by atoms with van der Waals surface area (Å²) in [7, 11) is 0. The summed E-state index contributed by atoms with van der Waals surface area (Å²) < 4.78 is 5.51. The van der Waals surface area contributed by atoms with Crippen molar-refractivity contribution < 1.29 is 14.6 Å². The zero-order chi connectivity index (χ0) is 14.5. The minimum atomic E-state index is -1.10. The van der Waals surface area contributed by atoms with Gasteiger partial charge < -0.3 is 9.84 Å². The first-order valence-corrected chi connectivity index (χ1v) is 6.12. The minimum Gasteiger partial charge on any atom is -0.489 e. The Hall–Kier alpha value is -2.51. The lowest BCUT2D eigenvalue weighted by Crippen LogP contribution is -2.00. The molecule has 0 spiro atoms. The van der Waals surface area contributed by atoms with Gasteiger partial charge in [0.25, 0.3) is 0 Å². The normalized spacial score (nSPS) is 9.80. The van der Waals surface area contributed by atoms with Crippen LogP contribution in [0.5, 0.6) is 5.75 Å². The summed E-state index contributed by atoms with van der Waals surface area (Å²) in [6.45, 7) is 0.246. The van der Waals surface area contributed by atoms with Crippen LogP contribution >= 0.6 is 11.6 Å². The van der Waals surface area contributed by atoms with Gasteiger partial charge in [-0.15, -0.1) is 0 Å². The van der Waals surface area contributed by atoms with Crippen LogP contribution in [0, 0.1) is 11.3 Å². The maximum absolute atomic E-state index is 11.0. The molecular weight excluding hydrogens is 278 g/mol. The number of nitriles is 1. The molecule has 0 aliphatic rings. The van der Waals surface area contributed by atoms with Gasteiger partial charge in [0.05, 0.1) is 22.2 Å². The molecule has 4 nitrogen and oxygen atoms in total. The van der Waals surface area contributed by atoms with Gasteiger partial charge in [-0.25, -0.2) is 4.79 Å². The average Bonchev–Trinajstić information content (AvgIpc) is 2.46. The summed E-state index contributed by atoms with van der Waals surface area (Å²) in [5.41, 5.74) is 1.37. The molecule has 2 aromatic carbocycles. The fourth-order valence-corrected chi connectivity index (χ4v) is 1.85. The molecule has 0 saturated heterocycles. The number of halogens is 1. The molecule has 0 atom stereocenters. The lowest BCUT2D eigenvalue weighted by molar-refractivity contribution is 0.0696. The highest BCUT2D eigenvalue weighted by atomic mass is 35.5. The minimum absolute atomic E-state index is 0.00468. The number of ether oxygens (including phenoxy) is 1. The van der Waals surface area contributed by atoms with E-state index in [4.69, 9.17) is 26.7 Å². The third kappa shape index (κ3) is 3.28. The summed E-state index contributed by atoms with van der Waals surface area (Å²) in [5.74, 6) is -0.693. The summed E-state index contributed by atoms with van der Waals surface area (Å²) in [4.78, 5) is 11.0. The van der Waals surface area contributed by atoms with Crippen molar-refractivity contribution >= 4 is 17.6 Å². The molecule has 2 aromatic rings. The Morgan fingerprint density at radius 1 is 1.30 bits per heavy atom.